The van der Waals surface area contributed by atoms with E-state index < -0.39 is 0 Å². The minimum Gasteiger partial charge on any atom is -0.331 e. The molecule has 2 aromatic rings. The highest BCUT2D eigenvalue weighted by Crippen LogP contribution is 2.39. The molecular formula is C15H20N2S. The quantitative estimate of drug-likeness (QED) is 0.783. The van der Waals surface area contributed by atoms with Crippen molar-refractivity contribution in [3.05, 3.63) is 28.5 Å². The molecule has 18 heavy (non-hydrogen) atoms. The fraction of sp³-hybridized carbons (Fsp3) is 0.533. The normalized spacial score (nSPS) is 18.6. The molecule has 0 spiro atoms. The number of aryl methyl sites for hydroxylation is 1. The van der Waals surface area contributed by atoms with E-state index in [9.17, 15) is 0 Å². The molecule has 1 aromatic heterocycles. The molecule has 1 aliphatic carbocycles. The molecule has 0 atom stereocenters. The van der Waals surface area contributed by atoms with E-state index in [1.807, 2.05) is 0 Å². The number of rotatable bonds is 2. The van der Waals surface area contributed by atoms with Gasteiger partial charge in [0, 0.05) is 6.54 Å². The molecule has 96 valence electrons. The summed E-state index contributed by atoms with van der Waals surface area (Å²) < 4.78 is 3.18. The lowest BCUT2D eigenvalue weighted by atomic mass is 9.89. The molecule has 1 N–H and O–H groups in total. The zero-order chi connectivity index (χ0) is 12.8. The predicted octanol–water partition coefficient (Wildman–Crippen LogP) is 4.59. The number of nitrogens with one attached hydrogen (secondary N) is 1. The Morgan fingerprint density at radius 3 is 2.78 bits per heavy atom. The van der Waals surface area contributed by atoms with Gasteiger partial charge in [-0.15, -0.1) is 0 Å². The van der Waals surface area contributed by atoms with Gasteiger partial charge in [-0.2, -0.15) is 0 Å². The van der Waals surface area contributed by atoms with Gasteiger partial charge in [0.15, 0.2) is 4.77 Å². The Kier molecular flexibility index (Phi) is 2.81. The zero-order valence-corrected chi connectivity index (χ0v) is 11.9. The topological polar surface area (TPSA) is 20.7 Å². The lowest BCUT2D eigenvalue weighted by Crippen LogP contribution is -2.19. The second-order valence-corrected chi connectivity index (χ2v) is 6.39. The summed E-state index contributed by atoms with van der Waals surface area (Å²) in [5.74, 6) is 0. The van der Waals surface area contributed by atoms with Gasteiger partial charge in [0.1, 0.15) is 0 Å². The molecule has 0 aliphatic heterocycles. The Hall–Kier alpha value is -1.09. The Bertz CT molecular complexity index is 629. The second kappa shape index (κ2) is 4.23. The van der Waals surface area contributed by atoms with E-state index in [1.54, 1.807) is 0 Å². The average molecular weight is 260 g/mol. The smallest absolute Gasteiger partial charge is 0.178 e. The fourth-order valence-electron chi connectivity index (χ4n) is 3.32. The molecule has 1 saturated carbocycles. The maximum absolute atomic E-state index is 5.50. The first-order valence-corrected chi connectivity index (χ1v) is 7.18. The van der Waals surface area contributed by atoms with E-state index in [-0.39, 0.29) is 0 Å². The van der Waals surface area contributed by atoms with Crippen LogP contribution in [0.3, 0.4) is 0 Å². The van der Waals surface area contributed by atoms with Crippen LogP contribution in [0.15, 0.2) is 18.2 Å². The number of H-pyrrole nitrogens is 1. The van der Waals surface area contributed by atoms with Crippen molar-refractivity contribution in [2.75, 3.05) is 0 Å². The molecule has 0 bridgehead atoms. The Morgan fingerprint density at radius 1 is 1.33 bits per heavy atom. The van der Waals surface area contributed by atoms with E-state index >= 15 is 0 Å². The molecule has 0 radical (unpaired) electrons. The number of imidazole rings is 1. The summed E-state index contributed by atoms with van der Waals surface area (Å²) in [5, 5.41) is 0. The molecule has 1 aliphatic rings. The molecule has 2 nitrogen and oxygen atoms in total. The van der Waals surface area contributed by atoms with Gasteiger partial charge in [0.05, 0.1) is 11.0 Å². The number of hydrogen-bond acceptors (Lipinski definition) is 1. The summed E-state index contributed by atoms with van der Waals surface area (Å²) in [6.45, 7) is 5.62. The molecule has 3 rings (SSSR count). The van der Waals surface area contributed by atoms with E-state index in [0.29, 0.717) is 5.41 Å². The minimum absolute atomic E-state index is 0.426. The maximum Gasteiger partial charge on any atom is 0.178 e. The van der Waals surface area contributed by atoms with Crippen molar-refractivity contribution < 1.29 is 0 Å². The summed E-state index contributed by atoms with van der Waals surface area (Å²) in [7, 11) is 0. The van der Waals surface area contributed by atoms with E-state index in [2.05, 4.69) is 41.6 Å². The number of nitrogens with zero attached hydrogens (tertiary/aromatic N) is 1. The van der Waals surface area contributed by atoms with Crippen molar-refractivity contribution in [1.29, 1.82) is 0 Å². The van der Waals surface area contributed by atoms with Crippen molar-refractivity contribution in [2.45, 2.75) is 46.1 Å². The highest BCUT2D eigenvalue weighted by atomic mass is 32.1. The number of aromatic amines is 1. The summed E-state index contributed by atoms with van der Waals surface area (Å²) in [6, 6.07) is 6.37. The minimum atomic E-state index is 0.426. The van der Waals surface area contributed by atoms with Gasteiger partial charge in [-0.25, -0.2) is 0 Å². The van der Waals surface area contributed by atoms with Gasteiger partial charge < -0.3 is 9.55 Å². The van der Waals surface area contributed by atoms with Gasteiger partial charge >= 0.3 is 0 Å². The first-order chi connectivity index (χ1) is 8.59. The van der Waals surface area contributed by atoms with Crippen molar-refractivity contribution in [3.63, 3.8) is 0 Å². The highest BCUT2D eigenvalue weighted by Gasteiger charge is 2.29. The zero-order valence-electron chi connectivity index (χ0n) is 11.1. The van der Waals surface area contributed by atoms with Crippen molar-refractivity contribution in [3.8, 4) is 0 Å². The molecule has 0 saturated heterocycles. The van der Waals surface area contributed by atoms with Crippen LogP contribution < -0.4 is 0 Å². The number of fused-ring (bicyclic) bond motifs is 1. The molecule has 1 fully saturated rings. The fourth-order valence-corrected chi connectivity index (χ4v) is 3.59. The number of hydrogen-bond donors (Lipinski definition) is 1. The number of para-hydroxylation sites is 1. The number of benzene rings is 1. The molecule has 3 heteroatoms. The van der Waals surface area contributed by atoms with Gasteiger partial charge in [0.2, 0.25) is 0 Å². The van der Waals surface area contributed by atoms with E-state index in [0.717, 1.165) is 11.3 Å². The molecule has 0 unspecified atom stereocenters. The van der Waals surface area contributed by atoms with Crippen LogP contribution in [0.5, 0.6) is 0 Å². The van der Waals surface area contributed by atoms with Crippen molar-refractivity contribution in [1.82, 2.24) is 9.55 Å². The van der Waals surface area contributed by atoms with Gasteiger partial charge in [-0.1, -0.05) is 31.9 Å². The Morgan fingerprint density at radius 2 is 2.06 bits per heavy atom. The number of aromatic nitrogens is 2. The predicted molar refractivity (Wildman–Crippen MR) is 78.4 cm³/mol. The first kappa shape index (κ1) is 12.0. The van der Waals surface area contributed by atoms with Crippen LogP contribution in [-0.4, -0.2) is 9.55 Å². The Labute approximate surface area is 113 Å². The van der Waals surface area contributed by atoms with Crippen LogP contribution in [0.25, 0.3) is 11.0 Å². The van der Waals surface area contributed by atoms with Crippen LogP contribution >= 0.6 is 12.2 Å². The van der Waals surface area contributed by atoms with Gasteiger partial charge in [-0.3, -0.25) is 0 Å². The van der Waals surface area contributed by atoms with Crippen molar-refractivity contribution >= 4 is 23.3 Å². The van der Waals surface area contributed by atoms with Gasteiger partial charge in [-0.05, 0) is 49.0 Å². The standard InChI is InChI=1S/C15H20N2S/c1-11-6-5-7-12-13(11)17(14(18)16-12)10-15(2)8-3-4-9-15/h5-7H,3-4,8-10H2,1-2H3,(H,16,18). The highest BCUT2D eigenvalue weighted by molar-refractivity contribution is 7.71. The monoisotopic (exact) mass is 260 g/mol. The van der Waals surface area contributed by atoms with E-state index in [1.165, 1.54) is 42.3 Å². The first-order valence-electron chi connectivity index (χ1n) is 6.77. The lowest BCUT2D eigenvalue weighted by molar-refractivity contribution is 0.284. The third-order valence-electron chi connectivity index (χ3n) is 4.34. The second-order valence-electron chi connectivity index (χ2n) is 6.01. The SMILES string of the molecule is Cc1cccc2[nH]c(=S)n(CC3(C)CCCC3)c12. The maximum atomic E-state index is 5.50. The summed E-state index contributed by atoms with van der Waals surface area (Å²) in [5.41, 5.74) is 4.19. The third kappa shape index (κ3) is 1.91. The molecular weight excluding hydrogens is 240 g/mol. The molecule has 0 amide bonds. The van der Waals surface area contributed by atoms with Crippen molar-refractivity contribution in [2.24, 2.45) is 5.41 Å². The van der Waals surface area contributed by atoms with Crippen LogP contribution in [0.1, 0.15) is 38.2 Å². The summed E-state index contributed by atoms with van der Waals surface area (Å²) in [6.07, 6.45) is 5.39. The Balaban J connectivity index is 2.11. The molecule has 1 aromatic carbocycles. The van der Waals surface area contributed by atoms with Crippen LogP contribution in [0.4, 0.5) is 0 Å². The van der Waals surface area contributed by atoms with Crippen LogP contribution in [0.2, 0.25) is 0 Å². The van der Waals surface area contributed by atoms with E-state index in [4.69, 9.17) is 12.2 Å². The van der Waals surface area contributed by atoms with Crippen LogP contribution in [-0.2, 0) is 6.54 Å². The van der Waals surface area contributed by atoms with Crippen LogP contribution in [0, 0.1) is 17.1 Å². The largest absolute Gasteiger partial charge is 0.331 e. The molecule has 1 heterocycles. The van der Waals surface area contributed by atoms with Gasteiger partial charge in [0.25, 0.3) is 0 Å². The third-order valence-corrected chi connectivity index (χ3v) is 4.67. The lowest BCUT2D eigenvalue weighted by Gasteiger charge is -2.24. The summed E-state index contributed by atoms with van der Waals surface area (Å²) in [4.78, 5) is 3.34. The summed E-state index contributed by atoms with van der Waals surface area (Å²) >= 11 is 5.50. The average Bonchev–Trinajstić information content (AvgIpc) is 2.86.